The summed E-state index contributed by atoms with van der Waals surface area (Å²) in [5.74, 6) is 0.544. The van der Waals surface area contributed by atoms with Gasteiger partial charge in [-0.25, -0.2) is 9.78 Å². The highest BCUT2D eigenvalue weighted by Crippen LogP contribution is 2.22. The van der Waals surface area contributed by atoms with Crippen molar-refractivity contribution in [2.45, 2.75) is 6.92 Å². The summed E-state index contributed by atoms with van der Waals surface area (Å²) in [4.78, 5) is 15.3. The fraction of sp³-hybridized carbons (Fsp3) is 0.143. The number of fused-ring (bicyclic) bond motifs is 1. The van der Waals surface area contributed by atoms with Crippen LogP contribution in [-0.2, 0) is 7.05 Å². The number of aromatic nitrogens is 2. The van der Waals surface area contributed by atoms with Crippen molar-refractivity contribution in [2.75, 3.05) is 0 Å². The summed E-state index contributed by atoms with van der Waals surface area (Å²) in [5.41, 5.74) is 1.73. The molecule has 0 atom stereocenters. The molecule has 0 saturated carbocycles. The topological polar surface area (TPSA) is 72.8 Å². The lowest BCUT2D eigenvalue weighted by atomic mass is 10.2. The van der Waals surface area contributed by atoms with Crippen molar-refractivity contribution < 1.29 is 4.42 Å². The number of nitrogens with zero attached hydrogens (tertiary/aromatic N) is 4. The molecule has 2 heterocycles. The van der Waals surface area contributed by atoms with Crippen LogP contribution in [0, 0.1) is 6.92 Å². The molecule has 0 fully saturated rings. The highest BCUT2D eigenvalue weighted by atomic mass is 16.4. The fourth-order valence-electron chi connectivity index (χ4n) is 1.92. The maximum Gasteiger partial charge on any atom is 0.336 e. The van der Waals surface area contributed by atoms with E-state index in [-0.39, 0.29) is 5.63 Å². The van der Waals surface area contributed by atoms with Gasteiger partial charge in [-0.2, -0.15) is 0 Å². The first-order valence-corrected chi connectivity index (χ1v) is 6.07. The van der Waals surface area contributed by atoms with Gasteiger partial charge in [0.05, 0.1) is 11.4 Å². The van der Waals surface area contributed by atoms with Gasteiger partial charge in [0, 0.05) is 24.7 Å². The van der Waals surface area contributed by atoms with Gasteiger partial charge < -0.3 is 8.98 Å². The van der Waals surface area contributed by atoms with Crippen LogP contribution in [0.2, 0.25) is 0 Å². The van der Waals surface area contributed by atoms with E-state index in [2.05, 4.69) is 15.2 Å². The maximum absolute atomic E-state index is 11.1. The lowest BCUT2D eigenvalue weighted by molar-refractivity contribution is 0.561. The molecule has 0 unspecified atom stereocenters. The predicted molar refractivity (Wildman–Crippen MR) is 74.6 cm³/mol. The Morgan fingerprint density at radius 3 is 2.80 bits per heavy atom. The molecule has 6 nitrogen and oxygen atoms in total. The summed E-state index contributed by atoms with van der Waals surface area (Å²) < 4.78 is 6.86. The normalized spacial score (nSPS) is 11.5. The van der Waals surface area contributed by atoms with Crippen molar-refractivity contribution in [2.24, 2.45) is 17.3 Å². The highest BCUT2D eigenvalue weighted by molar-refractivity contribution is 5.79. The third-order valence-corrected chi connectivity index (χ3v) is 2.83. The quantitative estimate of drug-likeness (QED) is 0.529. The van der Waals surface area contributed by atoms with Crippen LogP contribution in [0.1, 0.15) is 5.69 Å². The molecule has 3 aromatic rings. The average molecular weight is 268 g/mol. The van der Waals surface area contributed by atoms with Gasteiger partial charge in [0.15, 0.2) is 0 Å². The Hall–Kier alpha value is -2.76. The van der Waals surface area contributed by atoms with Crippen molar-refractivity contribution in [3.05, 3.63) is 52.6 Å². The van der Waals surface area contributed by atoms with Gasteiger partial charge in [-0.05, 0) is 31.2 Å². The molecule has 3 rings (SSSR count). The number of hydrogen-bond acceptors (Lipinski definition) is 5. The minimum atomic E-state index is -0.365. The molecule has 0 amide bonds. The Morgan fingerprint density at radius 1 is 1.20 bits per heavy atom. The molecule has 0 spiro atoms. The van der Waals surface area contributed by atoms with Crippen molar-refractivity contribution in [3.63, 3.8) is 0 Å². The zero-order chi connectivity index (χ0) is 14.1. The summed E-state index contributed by atoms with van der Waals surface area (Å²) in [6.45, 7) is 1.90. The molecule has 0 aliphatic heterocycles. The molecule has 0 aliphatic rings. The Balaban J connectivity index is 1.96. The minimum absolute atomic E-state index is 0.365. The fourth-order valence-corrected chi connectivity index (χ4v) is 1.92. The second-order valence-corrected chi connectivity index (χ2v) is 4.47. The van der Waals surface area contributed by atoms with E-state index in [1.54, 1.807) is 28.8 Å². The second kappa shape index (κ2) is 4.73. The van der Waals surface area contributed by atoms with E-state index in [1.165, 1.54) is 6.07 Å². The van der Waals surface area contributed by atoms with Crippen LogP contribution >= 0.6 is 0 Å². The van der Waals surface area contributed by atoms with Crippen molar-refractivity contribution in [1.29, 1.82) is 0 Å². The summed E-state index contributed by atoms with van der Waals surface area (Å²) in [6, 6.07) is 8.33. The SMILES string of the molecule is Cc1cn(C)c(N=Nc2ccc3oc(=O)ccc3c2)n1. The molecule has 2 aromatic heterocycles. The number of rotatable bonds is 2. The molecular weight excluding hydrogens is 256 g/mol. The molecular formula is C14H12N4O2. The molecule has 0 saturated heterocycles. The van der Waals surface area contributed by atoms with Gasteiger partial charge >= 0.3 is 5.63 Å². The number of benzene rings is 1. The zero-order valence-electron chi connectivity index (χ0n) is 11.1. The minimum Gasteiger partial charge on any atom is -0.423 e. The predicted octanol–water partition coefficient (Wildman–Crippen LogP) is 3.25. The van der Waals surface area contributed by atoms with E-state index in [0.29, 0.717) is 17.2 Å². The van der Waals surface area contributed by atoms with Gasteiger partial charge in [0.1, 0.15) is 5.58 Å². The van der Waals surface area contributed by atoms with E-state index in [1.807, 2.05) is 20.2 Å². The van der Waals surface area contributed by atoms with Crippen LogP contribution in [0.4, 0.5) is 11.6 Å². The van der Waals surface area contributed by atoms with Gasteiger partial charge in [-0.15, -0.1) is 10.2 Å². The molecule has 0 bridgehead atoms. The van der Waals surface area contributed by atoms with Gasteiger partial charge in [-0.1, -0.05) is 0 Å². The zero-order valence-corrected chi connectivity index (χ0v) is 11.1. The van der Waals surface area contributed by atoms with E-state index >= 15 is 0 Å². The van der Waals surface area contributed by atoms with E-state index < -0.39 is 0 Å². The van der Waals surface area contributed by atoms with Crippen LogP contribution in [-0.4, -0.2) is 9.55 Å². The van der Waals surface area contributed by atoms with Crippen molar-refractivity contribution >= 4 is 22.6 Å². The molecule has 0 N–H and O–H groups in total. The summed E-state index contributed by atoms with van der Waals surface area (Å²) in [7, 11) is 1.86. The number of imidazole rings is 1. The third kappa shape index (κ3) is 2.35. The number of aryl methyl sites for hydroxylation is 2. The van der Waals surface area contributed by atoms with Gasteiger partial charge in [-0.3, -0.25) is 0 Å². The monoisotopic (exact) mass is 268 g/mol. The first-order chi connectivity index (χ1) is 9.61. The summed E-state index contributed by atoms with van der Waals surface area (Å²) >= 11 is 0. The summed E-state index contributed by atoms with van der Waals surface area (Å²) in [5, 5.41) is 9.05. The standard InChI is InChI=1S/C14H12N4O2/c1-9-8-18(2)14(15-9)17-16-11-4-5-12-10(7-11)3-6-13(19)20-12/h3-8H,1-2H3. The van der Waals surface area contributed by atoms with Crippen LogP contribution in [0.5, 0.6) is 0 Å². The lowest BCUT2D eigenvalue weighted by Crippen LogP contribution is -1.93. The number of hydrogen-bond donors (Lipinski definition) is 0. The average Bonchev–Trinajstić information content (AvgIpc) is 2.74. The smallest absolute Gasteiger partial charge is 0.336 e. The van der Waals surface area contributed by atoms with E-state index in [0.717, 1.165) is 11.1 Å². The van der Waals surface area contributed by atoms with Gasteiger partial charge in [0.25, 0.3) is 0 Å². The maximum atomic E-state index is 11.1. The summed E-state index contributed by atoms with van der Waals surface area (Å²) in [6.07, 6.45) is 1.88. The molecule has 100 valence electrons. The number of azo groups is 1. The lowest BCUT2D eigenvalue weighted by Gasteiger charge is -1.97. The Morgan fingerprint density at radius 2 is 2.05 bits per heavy atom. The second-order valence-electron chi connectivity index (χ2n) is 4.47. The first-order valence-electron chi connectivity index (χ1n) is 6.07. The van der Waals surface area contributed by atoms with Crippen LogP contribution in [0.25, 0.3) is 11.0 Å². The van der Waals surface area contributed by atoms with Crippen molar-refractivity contribution in [3.8, 4) is 0 Å². The molecule has 6 heteroatoms. The van der Waals surface area contributed by atoms with Crippen molar-refractivity contribution in [1.82, 2.24) is 9.55 Å². The first kappa shape index (κ1) is 12.3. The van der Waals surface area contributed by atoms with E-state index in [9.17, 15) is 4.79 Å². The molecule has 20 heavy (non-hydrogen) atoms. The van der Waals surface area contributed by atoms with Crippen LogP contribution < -0.4 is 5.63 Å². The highest BCUT2D eigenvalue weighted by Gasteiger charge is 2.01. The largest absolute Gasteiger partial charge is 0.423 e. The Kier molecular flexibility index (Phi) is 2.90. The van der Waals surface area contributed by atoms with Gasteiger partial charge in [0.2, 0.25) is 5.95 Å². The Bertz CT molecular complexity index is 861. The molecule has 0 aliphatic carbocycles. The Labute approximate surface area is 114 Å². The van der Waals surface area contributed by atoms with Crippen LogP contribution in [0.15, 0.2) is 56.0 Å². The molecule has 1 aromatic carbocycles. The third-order valence-electron chi connectivity index (χ3n) is 2.83. The molecule has 0 radical (unpaired) electrons. The van der Waals surface area contributed by atoms with E-state index in [4.69, 9.17) is 4.42 Å². The van der Waals surface area contributed by atoms with Crippen LogP contribution in [0.3, 0.4) is 0 Å².